The van der Waals surface area contributed by atoms with E-state index in [9.17, 15) is 24.3 Å². The van der Waals surface area contributed by atoms with Crippen LogP contribution >= 0.6 is 12.4 Å². The fourth-order valence-corrected chi connectivity index (χ4v) is 1.38. The number of hydrogen-bond donors (Lipinski definition) is 3. The summed E-state index contributed by atoms with van der Waals surface area (Å²) in [5.41, 5.74) is 5.06. The first-order valence-corrected chi connectivity index (χ1v) is 6.62. The molecule has 0 aliphatic rings. The van der Waals surface area contributed by atoms with Crippen LogP contribution in [0.2, 0.25) is 0 Å². The van der Waals surface area contributed by atoms with Gasteiger partial charge >= 0.3 is 17.9 Å². The van der Waals surface area contributed by atoms with Crippen LogP contribution in [0.4, 0.5) is 0 Å². The number of rotatable bonds is 7. The Morgan fingerprint density at radius 3 is 1.92 bits per heavy atom. The number of quaternary nitrogens is 1. The van der Waals surface area contributed by atoms with Crippen molar-refractivity contribution >= 4 is 36.3 Å². The third-order valence-corrected chi connectivity index (χ3v) is 2.10. The van der Waals surface area contributed by atoms with E-state index in [0.29, 0.717) is 11.0 Å². The van der Waals surface area contributed by atoms with Gasteiger partial charge in [-0.05, 0) is 0 Å². The molecule has 0 unspecified atom stereocenters. The Morgan fingerprint density at radius 2 is 1.62 bits per heavy atom. The lowest BCUT2D eigenvalue weighted by Crippen LogP contribution is -2.43. The second kappa shape index (κ2) is 12.6. The molecule has 0 saturated heterocycles. The lowest BCUT2D eigenvalue weighted by Gasteiger charge is -2.26. The number of ether oxygens (including phenoxy) is 1. The van der Waals surface area contributed by atoms with Crippen molar-refractivity contribution in [3.63, 3.8) is 0 Å². The highest BCUT2D eigenvalue weighted by molar-refractivity contribution is 5.89. The fourth-order valence-electron chi connectivity index (χ4n) is 1.38. The normalized spacial score (nSPS) is 12.6. The molecule has 0 aromatic carbocycles. The Kier molecular flexibility index (Phi) is 14.3. The molecule has 142 valence electrons. The maximum atomic E-state index is 10.7. The van der Waals surface area contributed by atoms with Crippen molar-refractivity contribution in [1.29, 1.82) is 0 Å². The van der Waals surface area contributed by atoms with Crippen molar-refractivity contribution in [3.05, 3.63) is 0 Å². The number of aliphatic hydroxyl groups excluding tert-OH is 1. The van der Waals surface area contributed by atoms with Gasteiger partial charge in [0.05, 0.1) is 27.6 Å². The quantitative estimate of drug-likeness (QED) is 0.248. The minimum absolute atomic E-state index is 0. The predicted molar refractivity (Wildman–Crippen MR) is 82.8 cm³/mol. The van der Waals surface area contributed by atoms with Crippen LogP contribution < -0.4 is 10.8 Å². The summed E-state index contributed by atoms with van der Waals surface area (Å²) in [4.78, 5) is 40.9. The number of esters is 2. The van der Waals surface area contributed by atoms with Gasteiger partial charge in [0, 0.05) is 19.3 Å². The highest BCUT2D eigenvalue weighted by Crippen LogP contribution is 1.97. The van der Waals surface area contributed by atoms with Gasteiger partial charge in [-0.2, -0.15) is 0 Å². The molecule has 2 atom stereocenters. The highest BCUT2D eigenvalue weighted by Gasteiger charge is 2.19. The maximum absolute atomic E-state index is 10.7. The third kappa shape index (κ3) is 20.2. The molecule has 0 bridgehead atoms. The Labute approximate surface area is 146 Å². The maximum Gasteiger partial charge on any atom is 0.331 e. The molecule has 0 amide bonds. The average molecular weight is 373 g/mol. The van der Waals surface area contributed by atoms with Gasteiger partial charge in [0.2, 0.25) is 0 Å². The van der Waals surface area contributed by atoms with E-state index in [-0.39, 0.29) is 18.8 Å². The zero-order chi connectivity index (χ0) is 18.8. The summed E-state index contributed by atoms with van der Waals surface area (Å²) in [5.74, 6) is -4.25. The van der Waals surface area contributed by atoms with E-state index in [2.05, 4.69) is 4.74 Å². The number of halogens is 1. The predicted octanol–water partition coefficient (Wildman–Crippen LogP) is -2.51. The van der Waals surface area contributed by atoms with Crippen LogP contribution in [0.25, 0.3) is 0 Å². The van der Waals surface area contributed by atoms with Gasteiger partial charge in [0.25, 0.3) is 0 Å². The van der Waals surface area contributed by atoms with Crippen LogP contribution in [0.1, 0.15) is 19.8 Å². The molecule has 11 heteroatoms. The Morgan fingerprint density at radius 1 is 1.17 bits per heavy atom. The topological polar surface area (TPSA) is 167 Å². The minimum Gasteiger partial charge on any atom is -0.550 e. The van der Waals surface area contributed by atoms with Gasteiger partial charge in [-0.3, -0.25) is 9.59 Å². The summed E-state index contributed by atoms with van der Waals surface area (Å²) in [6.45, 7) is 1.46. The molecule has 0 spiro atoms. The first-order valence-electron chi connectivity index (χ1n) is 6.62. The van der Waals surface area contributed by atoms with Gasteiger partial charge in [-0.15, -0.1) is 12.4 Å². The molecule has 0 saturated carbocycles. The van der Waals surface area contributed by atoms with Crippen LogP contribution in [0.5, 0.6) is 0 Å². The SMILES string of the molecule is CC(=O)OC(=O)[C@@H](N)CC(=O)O.C[N+](C)(C)C[C@H](O)CC(=O)[O-].Cl. The molecule has 10 nitrogen and oxygen atoms in total. The molecule has 0 fully saturated rings. The highest BCUT2D eigenvalue weighted by atomic mass is 35.5. The number of likely N-dealkylation sites (N-methyl/N-ethyl adjacent to an activating group) is 1. The van der Waals surface area contributed by atoms with Crippen LogP contribution in [0.3, 0.4) is 0 Å². The van der Waals surface area contributed by atoms with E-state index in [1.807, 2.05) is 21.1 Å². The van der Waals surface area contributed by atoms with Crippen LogP contribution in [-0.2, 0) is 23.9 Å². The molecule has 4 N–H and O–H groups in total. The van der Waals surface area contributed by atoms with Crippen molar-refractivity contribution in [2.24, 2.45) is 5.73 Å². The van der Waals surface area contributed by atoms with Crippen LogP contribution in [0.15, 0.2) is 0 Å². The summed E-state index contributed by atoms with van der Waals surface area (Å²) in [6, 6.07) is -1.29. The average Bonchev–Trinajstić information content (AvgIpc) is 2.23. The number of nitrogens with two attached hydrogens (primary N) is 1. The molecule has 0 aliphatic carbocycles. The van der Waals surface area contributed by atoms with Crippen molar-refractivity contribution < 1.29 is 43.7 Å². The van der Waals surface area contributed by atoms with Gasteiger partial charge in [0.15, 0.2) is 0 Å². The zero-order valence-corrected chi connectivity index (χ0v) is 14.9. The molecule has 0 aliphatic heterocycles. The number of aliphatic hydroxyl groups is 1. The number of carbonyl (C=O) groups is 4. The van der Waals surface area contributed by atoms with Crippen molar-refractivity contribution in [1.82, 2.24) is 0 Å². The van der Waals surface area contributed by atoms with E-state index in [1.165, 1.54) is 0 Å². The largest absolute Gasteiger partial charge is 0.550 e. The summed E-state index contributed by atoms with van der Waals surface area (Å²) >= 11 is 0. The van der Waals surface area contributed by atoms with E-state index >= 15 is 0 Å². The lowest BCUT2D eigenvalue weighted by molar-refractivity contribution is -0.873. The number of nitrogens with zero attached hydrogens (tertiary/aromatic N) is 1. The van der Waals surface area contributed by atoms with E-state index in [1.54, 1.807) is 0 Å². The minimum atomic E-state index is -1.29. The third-order valence-electron chi connectivity index (χ3n) is 2.10. The van der Waals surface area contributed by atoms with Gasteiger partial charge < -0.3 is 35.1 Å². The standard InChI is InChI=1S/C7H15NO3.C6H9NO5.ClH/c1-8(2,3)5-6(9)4-7(10)11;1-3(8)12-6(11)4(7)2-5(9)10;/h6,9H,4-5H2,1-3H3;4H,2,7H2,1H3,(H,9,10);1H/t6-;4-;/m10./s1. The van der Waals surface area contributed by atoms with Gasteiger partial charge in [0.1, 0.15) is 18.7 Å². The Balaban J connectivity index is -0.000000354. The number of carboxylic acids is 2. The van der Waals surface area contributed by atoms with Crippen molar-refractivity contribution in [3.8, 4) is 0 Å². The molecule has 0 aromatic rings. The zero-order valence-electron chi connectivity index (χ0n) is 14.1. The Bertz CT molecular complexity index is 436. The molecule has 0 heterocycles. The number of hydrogen-bond acceptors (Lipinski definition) is 8. The smallest absolute Gasteiger partial charge is 0.331 e. The molecule has 0 radical (unpaired) electrons. The first kappa shape index (κ1) is 27.1. The summed E-state index contributed by atoms with van der Waals surface area (Å²) in [5, 5.41) is 27.3. The summed E-state index contributed by atoms with van der Waals surface area (Å²) < 4.78 is 4.60. The van der Waals surface area contributed by atoms with Crippen LogP contribution in [-0.4, -0.2) is 78.4 Å². The fraction of sp³-hybridized carbons (Fsp3) is 0.692. The molecular formula is C13H25ClN2O8. The van der Waals surface area contributed by atoms with E-state index < -0.39 is 42.4 Å². The monoisotopic (exact) mass is 372 g/mol. The number of carbonyl (C=O) groups excluding carboxylic acids is 3. The van der Waals surface area contributed by atoms with Gasteiger partial charge in [-0.25, -0.2) is 4.79 Å². The second-order valence-electron chi connectivity index (χ2n) is 5.82. The lowest BCUT2D eigenvalue weighted by atomic mass is 10.2. The Hall–Kier alpha value is -1.75. The molecule has 0 rings (SSSR count). The van der Waals surface area contributed by atoms with Crippen molar-refractivity contribution in [2.75, 3.05) is 27.7 Å². The molecule has 24 heavy (non-hydrogen) atoms. The van der Waals surface area contributed by atoms with Gasteiger partial charge in [-0.1, -0.05) is 0 Å². The number of carboxylic acid groups (broad SMARTS) is 2. The second-order valence-corrected chi connectivity index (χ2v) is 5.82. The van der Waals surface area contributed by atoms with E-state index in [4.69, 9.17) is 15.9 Å². The summed E-state index contributed by atoms with van der Waals surface area (Å²) in [6.07, 6.45) is -1.64. The summed E-state index contributed by atoms with van der Waals surface area (Å²) in [7, 11) is 5.66. The van der Waals surface area contributed by atoms with E-state index in [0.717, 1.165) is 6.92 Å². The first-order chi connectivity index (χ1) is 10.2. The molecule has 0 aromatic heterocycles. The molecular weight excluding hydrogens is 348 g/mol. The van der Waals surface area contributed by atoms with Crippen LogP contribution in [0, 0.1) is 0 Å². The number of aliphatic carboxylic acids is 2. The van der Waals surface area contributed by atoms with Crippen molar-refractivity contribution in [2.45, 2.75) is 31.9 Å².